The summed E-state index contributed by atoms with van der Waals surface area (Å²) in [5.74, 6) is -0.563. The van der Waals surface area contributed by atoms with Gasteiger partial charge in [-0.25, -0.2) is 9.59 Å². The molecule has 6 heteroatoms. The Morgan fingerprint density at radius 1 is 0.960 bits per heavy atom. The third-order valence-corrected chi connectivity index (χ3v) is 2.78. The number of alkyl carbamates (subject to hydrolysis) is 1. The first-order valence-corrected chi connectivity index (χ1v) is 8.30. The van der Waals surface area contributed by atoms with Crippen molar-refractivity contribution in [3.05, 3.63) is 35.9 Å². The maximum absolute atomic E-state index is 12.3. The summed E-state index contributed by atoms with van der Waals surface area (Å²) in [6, 6.07) is 8.62. The molecule has 140 valence electrons. The summed E-state index contributed by atoms with van der Waals surface area (Å²) in [4.78, 5) is 24.3. The Labute approximate surface area is 149 Å². The summed E-state index contributed by atoms with van der Waals surface area (Å²) in [6.45, 7) is 10.9. The summed E-state index contributed by atoms with van der Waals surface area (Å²) in [5.41, 5.74) is -0.347. The van der Waals surface area contributed by atoms with Gasteiger partial charge in [0.2, 0.25) is 0 Å². The fourth-order valence-corrected chi connectivity index (χ4v) is 1.86. The SMILES string of the molecule is CC(C)(C)OC(=O)NC(COCc1ccccc1)C(=O)OC(C)(C)C. The Balaban J connectivity index is 2.66. The number of rotatable bonds is 6. The molecule has 0 heterocycles. The average molecular weight is 351 g/mol. The van der Waals surface area contributed by atoms with E-state index in [-0.39, 0.29) is 6.61 Å². The highest BCUT2D eigenvalue weighted by Crippen LogP contribution is 2.11. The lowest BCUT2D eigenvalue weighted by Gasteiger charge is -2.26. The molecule has 0 aliphatic rings. The van der Waals surface area contributed by atoms with Crippen LogP contribution in [0.1, 0.15) is 47.1 Å². The molecule has 0 bridgehead atoms. The Bertz CT molecular complexity index is 557. The lowest BCUT2D eigenvalue weighted by atomic mass is 10.2. The lowest BCUT2D eigenvalue weighted by molar-refractivity contribution is -0.159. The highest BCUT2D eigenvalue weighted by atomic mass is 16.6. The molecule has 1 N–H and O–H groups in total. The zero-order chi connectivity index (χ0) is 19.1. The summed E-state index contributed by atoms with van der Waals surface area (Å²) in [5, 5.41) is 2.52. The third kappa shape index (κ3) is 9.72. The smallest absolute Gasteiger partial charge is 0.408 e. The van der Waals surface area contributed by atoms with Gasteiger partial charge in [-0.2, -0.15) is 0 Å². The van der Waals surface area contributed by atoms with Crippen LogP contribution in [0.4, 0.5) is 4.79 Å². The van der Waals surface area contributed by atoms with Crippen molar-refractivity contribution in [2.24, 2.45) is 0 Å². The van der Waals surface area contributed by atoms with Crippen LogP contribution in [0.3, 0.4) is 0 Å². The molecule has 0 aromatic heterocycles. The van der Waals surface area contributed by atoms with Crippen LogP contribution >= 0.6 is 0 Å². The third-order valence-electron chi connectivity index (χ3n) is 2.78. The molecule has 0 aliphatic heterocycles. The first-order valence-electron chi connectivity index (χ1n) is 8.30. The quantitative estimate of drug-likeness (QED) is 0.795. The molecule has 1 atom stereocenters. The molecule has 25 heavy (non-hydrogen) atoms. The van der Waals surface area contributed by atoms with Gasteiger partial charge in [-0.3, -0.25) is 0 Å². The number of carbonyl (C=O) groups is 2. The van der Waals surface area contributed by atoms with Crippen molar-refractivity contribution in [3.63, 3.8) is 0 Å². The fraction of sp³-hybridized carbons (Fsp3) is 0.579. The molecule has 0 radical (unpaired) electrons. The topological polar surface area (TPSA) is 73.9 Å². The first kappa shape index (κ1) is 21.0. The van der Waals surface area contributed by atoms with Gasteiger partial charge < -0.3 is 19.5 Å². The Morgan fingerprint density at radius 2 is 1.52 bits per heavy atom. The van der Waals surface area contributed by atoms with E-state index in [9.17, 15) is 9.59 Å². The van der Waals surface area contributed by atoms with Crippen molar-refractivity contribution in [2.45, 2.75) is 65.4 Å². The number of amides is 1. The molecule has 0 aliphatic carbocycles. The summed E-state index contributed by atoms with van der Waals surface area (Å²) < 4.78 is 16.1. The number of carbonyl (C=O) groups excluding carboxylic acids is 2. The first-order chi connectivity index (χ1) is 11.5. The summed E-state index contributed by atoms with van der Waals surface area (Å²) in [7, 11) is 0. The van der Waals surface area contributed by atoms with E-state index in [1.165, 1.54) is 0 Å². The highest BCUT2D eigenvalue weighted by Gasteiger charge is 2.28. The minimum Gasteiger partial charge on any atom is -0.458 e. The minimum absolute atomic E-state index is 0.0109. The maximum atomic E-state index is 12.3. The average Bonchev–Trinajstić information content (AvgIpc) is 2.43. The maximum Gasteiger partial charge on any atom is 0.408 e. The summed E-state index contributed by atoms with van der Waals surface area (Å²) in [6.07, 6.45) is -0.688. The van der Waals surface area contributed by atoms with Crippen LogP contribution in [0, 0.1) is 0 Å². The molecular formula is C19H29NO5. The van der Waals surface area contributed by atoms with Crippen LogP contribution in [-0.2, 0) is 25.6 Å². The standard InChI is InChI=1S/C19H29NO5/c1-18(2,3)24-16(21)15(20-17(22)25-19(4,5)6)13-23-12-14-10-8-7-9-11-14/h7-11,15H,12-13H2,1-6H3,(H,20,22). The molecule has 1 rings (SSSR count). The van der Waals surface area contributed by atoms with Crippen LogP contribution in [0.2, 0.25) is 0 Å². The molecule has 0 fully saturated rings. The van der Waals surface area contributed by atoms with Crippen LogP contribution in [0.25, 0.3) is 0 Å². The van der Waals surface area contributed by atoms with E-state index in [1.807, 2.05) is 30.3 Å². The zero-order valence-electron chi connectivity index (χ0n) is 15.9. The van der Waals surface area contributed by atoms with E-state index < -0.39 is 29.3 Å². The van der Waals surface area contributed by atoms with Gasteiger partial charge in [0.25, 0.3) is 0 Å². The van der Waals surface area contributed by atoms with Gasteiger partial charge in [0.1, 0.15) is 11.2 Å². The molecule has 0 saturated heterocycles. The van der Waals surface area contributed by atoms with Crippen LogP contribution < -0.4 is 5.32 Å². The largest absolute Gasteiger partial charge is 0.458 e. The molecule has 6 nitrogen and oxygen atoms in total. The van der Waals surface area contributed by atoms with Crippen LogP contribution in [0.15, 0.2) is 30.3 Å². The van der Waals surface area contributed by atoms with Crippen LogP contribution in [0.5, 0.6) is 0 Å². The second kappa shape index (κ2) is 8.85. The predicted octanol–water partition coefficient (Wildman–Crippen LogP) is 3.44. The number of ether oxygens (including phenoxy) is 3. The summed E-state index contributed by atoms with van der Waals surface area (Å²) >= 11 is 0. The van der Waals surface area contributed by atoms with Gasteiger partial charge in [0, 0.05) is 0 Å². The molecule has 0 spiro atoms. The number of benzene rings is 1. The molecule has 1 amide bonds. The fourth-order valence-electron chi connectivity index (χ4n) is 1.86. The Kier molecular flexibility index (Phi) is 7.42. The van der Waals surface area contributed by atoms with Gasteiger partial charge in [-0.15, -0.1) is 0 Å². The van der Waals surface area contributed by atoms with Crippen molar-refractivity contribution in [3.8, 4) is 0 Å². The van der Waals surface area contributed by atoms with E-state index in [1.54, 1.807) is 41.5 Å². The van der Waals surface area contributed by atoms with E-state index in [4.69, 9.17) is 14.2 Å². The van der Waals surface area contributed by atoms with E-state index in [0.717, 1.165) is 5.56 Å². The van der Waals surface area contributed by atoms with Gasteiger partial charge in [-0.1, -0.05) is 30.3 Å². The molecular weight excluding hydrogens is 322 g/mol. The van der Waals surface area contributed by atoms with Crippen molar-refractivity contribution in [1.29, 1.82) is 0 Å². The van der Waals surface area contributed by atoms with E-state index in [0.29, 0.717) is 6.61 Å². The molecule has 1 aromatic carbocycles. The van der Waals surface area contributed by atoms with Crippen molar-refractivity contribution >= 4 is 12.1 Å². The monoisotopic (exact) mass is 351 g/mol. The second-order valence-electron chi connectivity index (χ2n) is 7.73. The number of hydrogen-bond donors (Lipinski definition) is 1. The van der Waals surface area contributed by atoms with Crippen molar-refractivity contribution < 1.29 is 23.8 Å². The molecule has 1 unspecified atom stereocenters. The van der Waals surface area contributed by atoms with Crippen LogP contribution in [-0.4, -0.2) is 35.9 Å². The van der Waals surface area contributed by atoms with Gasteiger partial charge in [-0.05, 0) is 47.1 Å². The Hall–Kier alpha value is -2.08. The normalized spacial score (nSPS) is 13.0. The minimum atomic E-state index is -0.946. The van der Waals surface area contributed by atoms with Gasteiger partial charge >= 0.3 is 12.1 Å². The van der Waals surface area contributed by atoms with E-state index in [2.05, 4.69) is 5.32 Å². The lowest BCUT2D eigenvalue weighted by Crippen LogP contribution is -2.48. The van der Waals surface area contributed by atoms with Crippen molar-refractivity contribution in [1.82, 2.24) is 5.32 Å². The number of hydrogen-bond acceptors (Lipinski definition) is 5. The van der Waals surface area contributed by atoms with Gasteiger partial charge in [0.05, 0.1) is 13.2 Å². The molecule has 0 saturated carbocycles. The van der Waals surface area contributed by atoms with E-state index >= 15 is 0 Å². The van der Waals surface area contributed by atoms with Gasteiger partial charge in [0.15, 0.2) is 6.04 Å². The predicted molar refractivity (Wildman–Crippen MR) is 95.1 cm³/mol. The Morgan fingerprint density at radius 3 is 2.04 bits per heavy atom. The second-order valence-corrected chi connectivity index (χ2v) is 7.73. The van der Waals surface area contributed by atoms with Crippen molar-refractivity contribution in [2.75, 3.05) is 6.61 Å². The zero-order valence-corrected chi connectivity index (χ0v) is 15.9. The highest BCUT2D eigenvalue weighted by molar-refractivity contribution is 5.81. The number of esters is 1. The molecule has 1 aromatic rings. The number of nitrogens with one attached hydrogen (secondary N) is 1.